The zero-order valence-electron chi connectivity index (χ0n) is 12.1. The topological polar surface area (TPSA) is 35.5 Å². The van der Waals surface area contributed by atoms with Crippen LogP contribution in [0.2, 0.25) is 0 Å². The summed E-state index contributed by atoms with van der Waals surface area (Å²) in [6.07, 6.45) is 6.67. The summed E-state index contributed by atoms with van der Waals surface area (Å²) in [7, 11) is 0. The van der Waals surface area contributed by atoms with Crippen LogP contribution >= 0.6 is 0 Å². The molecule has 1 saturated carbocycles. The fraction of sp³-hybridized carbons (Fsp3) is 1.00. The van der Waals surface area contributed by atoms with Crippen molar-refractivity contribution in [2.75, 3.05) is 32.8 Å². The molecule has 0 radical (unpaired) electrons. The summed E-state index contributed by atoms with van der Waals surface area (Å²) >= 11 is 0. The third-order valence-electron chi connectivity index (χ3n) is 4.96. The normalized spacial score (nSPS) is 31.5. The molecule has 0 aromatic heterocycles. The van der Waals surface area contributed by atoms with Crippen molar-refractivity contribution in [3.8, 4) is 0 Å². The SMILES string of the molecule is CCNC(C)(CO)CCCN1CC2CCCC2C1. The molecule has 106 valence electrons. The van der Waals surface area contributed by atoms with Gasteiger partial charge in [-0.25, -0.2) is 0 Å². The quantitative estimate of drug-likeness (QED) is 0.728. The van der Waals surface area contributed by atoms with Gasteiger partial charge in [0.25, 0.3) is 0 Å². The molecule has 0 bridgehead atoms. The molecule has 1 saturated heterocycles. The van der Waals surface area contributed by atoms with Gasteiger partial charge in [0.2, 0.25) is 0 Å². The molecular weight excluding hydrogens is 224 g/mol. The minimum atomic E-state index is -0.0790. The summed E-state index contributed by atoms with van der Waals surface area (Å²) in [4.78, 5) is 2.65. The third kappa shape index (κ3) is 3.46. The fourth-order valence-corrected chi connectivity index (χ4v) is 3.86. The number of rotatable bonds is 7. The maximum atomic E-state index is 9.46. The Bertz CT molecular complexity index is 247. The molecule has 2 rings (SSSR count). The Balaban J connectivity index is 1.66. The van der Waals surface area contributed by atoms with E-state index in [4.69, 9.17) is 0 Å². The Morgan fingerprint density at radius 1 is 1.28 bits per heavy atom. The number of hydrogen-bond donors (Lipinski definition) is 2. The van der Waals surface area contributed by atoms with Crippen LogP contribution in [0.5, 0.6) is 0 Å². The second-order valence-electron chi connectivity index (χ2n) is 6.56. The average molecular weight is 254 g/mol. The third-order valence-corrected chi connectivity index (χ3v) is 4.96. The predicted molar refractivity (Wildman–Crippen MR) is 75.7 cm³/mol. The number of likely N-dealkylation sites (N-methyl/N-ethyl adjacent to an activating group) is 1. The maximum Gasteiger partial charge on any atom is 0.0610 e. The van der Waals surface area contributed by atoms with Gasteiger partial charge in [0, 0.05) is 18.6 Å². The van der Waals surface area contributed by atoms with Gasteiger partial charge in [-0.3, -0.25) is 0 Å². The first-order valence-electron chi connectivity index (χ1n) is 7.75. The molecular formula is C15H30N2O. The van der Waals surface area contributed by atoms with E-state index in [9.17, 15) is 5.11 Å². The average Bonchev–Trinajstić information content (AvgIpc) is 2.90. The van der Waals surface area contributed by atoms with Crippen molar-refractivity contribution in [2.24, 2.45) is 11.8 Å². The van der Waals surface area contributed by atoms with E-state index in [1.54, 1.807) is 0 Å². The standard InChI is InChI=1S/C15H30N2O/c1-3-16-15(2,12-18)8-5-9-17-10-13-6-4-7-14(13)11-17/h13-14,16,18H,3-12H2,1-2H3. The lowest BCUT2D eigenvalue weighted by atomic mass is 9.96. The number of hydrogen-bond acceptors (Lipinski definition) is 3. The number of fused-ring (bicyclic) bond motifs is 1. The van der Waals surface area contributed by atoms with Gasteiger partial charge in [0.05, 0.1) is 6.61 Å². The molecule has 3 heteroatoms. The van der Waals surface area contributed by atoms with E-state index in [-0.39, 0.29) is 12.1 Å². The molecule has 3 nitrogen and oxygen atoms in total. The van der Waals surface area contributed by atoms with Crippen LogP contribution in [0.4, 0.5) is 0 Å². The van der Waals surface area contributed by atoms with Gasteiger partial charge in [-0.05, 0) is 57.5 Å². The molecule has 2 N–H and O–H groups in total. The first-order chi connectivity index (χ1) is 8.67. The van der Waals surface area contributed by atoms with E-state index >= 15 is 0 Å². The van der Waals surface area contributed by atoms with Crippen LogP contribution in [-0.4, -0.2) is 48.3 Å². The number of likely N-dealkylation sites (tertiary alicyclic amines) is 1. The van der Waals surface area contributed by atoms with E-state index in [2.05, 4.69) is 24.1 Å². The van der Waals surface area contributed by atoms with Crippen LogP contribution in [0.15, 0.2) is 0 Å². The van der Waals surface area contributed by atoms with Gasteiger partial charge in [-0.2, -0.15) is 0 Å². The van der Waals surface area contributed by atoms with E-state index in [0.717, 1.165) is 24.8 Å². The highest BCUT2D eigenvalue weighted by Gasteiger charge is 2.35. The molecule has 3 unspecified atom stereocenters. The highest BCUT2D eigenvalue weighted by molar-refractivity contribution is 4.89. The second-order valence-corrected chi connectivity index (χ2v) is 6.56. The monoisotopic (exact) mass is 254 g/mol. The predicted octanol–water partition coefficient (Wildman–Crippen LogP) is 1.86. The Kier molecular flexibility index (Phi) is 5.05. The van der Waals surface area contributed by atoms with Crippen molar-refractivity contribution >= 4 is 0 Å². The largest absolute Gasteiger partial charge is 0.394 e. The minimum absolute atomic E-state index is 0.0790. The Morgan fingerprint density at radius 2 is 1.94 bits per heavy atom. The minimum Gasteiger partial charge on any atom is -0.394 e. The molecule has 18 heavy (non-hydrogen) atoms. The van der Waals surface area contributed by atoms with Crippen LogP contribution in [-0.2, 0) is 0 Å². The smallest absolute Gasteiger partial charge is 0.0610 e. The van der Waals surface area contributed by atoms with E-state index in [0.29, 0.717) is 0 Å². The van der Waals surface area contributed by atoms with Crippen molar-refractivity contribution in [1.82, 2.24) is 10.2 Å². The van der Waals surface area contributed by atoms with E-state index < -0.39 is 0 Å². The molecule has 0 aromatic rings. The Morgan fingerprint density at radius 3 is 2.50 bits per heavy atom. The first kappa shape index (κ1) is 14.3. The summed E-state index contributed by atoms with van der Waals surface area (Å²) in [6.45, 7) is 9.30. The zero-order valence-corrected chi connectivity index (χ0v) is 12.1. The van der Waals surface area contributed by atoms with Gasteiger partial charge >= 0.3 is 0 Å². The number of aliphatic hydroxyl groups is 1. The molecule has 0 spiro atoms. The van der Waals surface area contributed by atoms with Gasteiger partial charge < -0.3 is 15.3 Å². The van der Waals surface area contributed by atoms with Gasteiger partial charge in [-0.15, -0.1) is 0 Å². The van der Waals surface area contributed by atoms with Crippen LogP contribution in [0.25, 0.3) is 0 Å². The van der Waals surface area contributed by atoms with E-state index in [1.165, 1.54) is 45.3 Å². The van der Waals surface area contributed by atoms with Crippen LogP contribution < -0.4 is 5.32 Å². The van der Waals surface area contributed by atoms with Crippen LogP contribution in [0, 0.1) is 11.8 Å². The van der Waals surface area contributed by atoms with Crippen molar-refractivity contribution in [3.63, 3.8) is 0 Å². The number of nitrogens with one attached hydrogen (secondary N) is 1. The molecule has 2 aliphatic rings. The summed E-state index contributed by atoms with van der Waals surface area (Å²) in [5, 5.41) is 12.9. The molecule has 3 atom stereocenters. The molecule has 0 aromatic carbocycles. The van der Waals surface area contributed by atoms with Crippen molar-refractivity contribution < 1.29 is 5.11 Å². The second kappa shape index (κ2) is 6.36. The summed E-state index contributed by atoms with van der Waals surface area (Å²) in [5.74, 6) is 2.01. The molecule has 2 fully saturated rings. The van der Waals surface area contributed by atoms with Gasteiger partial charge in [0.1, 0.15) is 0 Å². The van der Waals surface area contributed by atoms with Gasteiger partial charge in [-0.1, -0.05) is 13.3 Å². The lowest BCUT2D eigenvalue weighted by molar-refractivity contribution is 0.160. The highest BCUT2D eigenvalue weighted by Crippen LogP contribution is 2.37. The summed E-state index contributed by atoms with van der Waals surface area (Å²) in [6, 6.07) is 0. The lowest BCUT2D eigenvalue weighted by Crippen LogP contribution is -2.46. The summed E-state index contributed by atoms with van der Waals surface area (Å²) in [5.41, 5.74) is -0.0790. The van der Waals surface area contributed by atoms with Gasteiger partial charge in [0.15, 0.2) is 0 Å². The van der Waals surface area contributed by atoms with Crippen LogP contribution in [0.1, 0.15) is 46.0 Å². The highest BCUT2D eigenvalue weighted by atomic mass is 16.3. The molecule has 1 aliphatic heterocycles. The molecule has 0 amide bonds. The fourth-order valence-electron chi connectivity index (χ4n) is 3.86. The molecule has 1 heterocycles. The van der Waals surface area contributed by atoms with Crippen molar-refractivity contribution in [2.45, 2.75) is 51.5 Å². The van der Waals surface area contributed by atoms with E-state index in [1.807, 2.05) is 0 Å². The van der Waals surface area contributed by atoms with Crippen LogP contribution in [0.3, 0.4) is 0 Å². The molecule has 1 aliphatic carbocycles. The number of nitrogens with zero attached hydrogens (tertiary/aromatic N) is 1. The lowest BCUT2D eigenvalue weighted by Gasteiger charge is -2.29. The summed E-state index contributed by atoms with van der Waals surface area (Å²) < 4.78 is 0. The first-order valence-corrected chi connectivity index (χ1v) is 7.75. The van der Waals surface area contributed by atoms with Crippen molar-refractivity contribution in [3.05, 3.63) is 0 Å². The van der Waals surface area contributed by atoms with Crippen molar-refractivity contribution in [1.29, 1.82) is 0 Å². The Labute approximate surface area is 112 Å². The zero-order chi connectivity index (χ0) is 13.0. The Hall–Kier alpha value is -0.120. The number of aliphatic hydroxyl groups excluding tert-OH is 1. The maximum absolute atomic E-state index is 9.46.